The fourth-order valence-electron chi connectivity index (χ4n) is 1.63. The fourth-order valence-corrected chi connectivity index (χ4v) is 2.16. The van der Waals surface area contributed by atoms with Crippen molar-refractivity contribution in [2.75, 3.05) is 0 Å². The van der Waals surface area contributed by atoms with Crippen LogP contribution < -0.4 is 5.73 Å². The Morgan fingerprint density at radius 2 is 2.38 bits per heavy atom. The lowest BCUT2D eigenvalue weighted by molar-refractivity contribution is 0.655. The van der Waals surface area contributed by atoms with Crippen LogP contribution in [-0.2, 0) is 6.42 Å². The molecule has 5 heteroatoms. The molecule has 1 atom stereocenters. The number of aryl methyl sites for hydroxylation is 1. The van der Waals surface area contributed by atoms with E-state index in [0.717, 1.165) is 24.2 Å². The summed E-state index contributed by atoms with van der Waals surface area (Å²) in [5, 5.41) is 9.40. The number of hydrogen-bond donors (Lipinski definition) is 2. The standard InChI is InChI=1S/C11H16N4S/c1-7(12)3-4-9-8(2)11(15-14-9)10-5-16-6-13-10/h5-7H,3-4,12H2,1-2H3,(H,14,15). The molecular weight excluding hydrogens is 220 g/mol. The van der Waals surface area contributed by atoms with Crippen LogP contribution in [0.1, 0.15) is 24.6 Å². The summed E-state index contributed by atoms with van der Waals surface area (Å²) in [5.41, 5.74) is 11.8. The Kier molecular flexibility index (Phi) is 3.36. The molecule has 2 rings (SSSR count). The minimum atomic E-state index is 0.227. The van der Waals surface area contributed by atoms with Crippen molar-refractivity contribution in [3.8, 4) is 11.4 Å². The minimum Gasteiger partial charge on any atom is -0.328 e. The van der Waals surface area contributed by atoms with E-state index in [1.54, 1.807) is 11.3 Å². The average Bonchev–Trinajstić information content (AvgIpc) is 2.84. The van der Waals surface area contributed by atoms with Gasteiger partial charge in [-0.15, -0.1) is 11.3 Å². The molecule has 3 N–H and O–H groups in total. The molecule has 0 saturated heterocycles. The third-order valence-electron chi connectivity index (χ3n) is 2.64. The number of nitrogens with zero attached hydrogens (tertiary/aromatic N) is 2. The number of hydrogen-bond acceptors (Lipinski definition) is 4. The van der Waals surface area contributed by atoms with Crippen LogP contribution in [0.5, 0.6) is 0 Å². The highest BCUT2D eigenvalue weighted by Gasteiger charge is 2.12. The summed E-state index contributed by atoms with van der Waals surface area (Å²) < 4.78 is 0. The van der Waals surface area contributed by atoms with E-state index < -0.39 is 0 Å². The third-order valence-corrected chi connectivity index (χ3v) is 3.22. The first kappa shape index (κ1) is 11.3. The van der Waals surface area contributed by atoms with Gasteiger partial charge in [0.05, 0.1) is 5.51 Å². The van der Waals surface area contributed by atoms with E-state index >= 15 is 0 Å². The maximum Gasteiger partial charge on any atom is 0.114 e. The number of nitrogens with one attached hydrogen (secondary N) is 1. The van der Waals surface area contributed by atoms with Gasteiger partial charge in [-0.3, -0.25) is 5.10 Å². The monoisotopic (exact) mass is 236 g/mol. The summed E-state index contributed by atoms with van der Waals surface area (Å²) in [5.74, 6) is 0. The summed E-state index contributed by atoms with van der Waals surface area (Å²) >= 11 is 1.59. The van der Waals surface area contributed by atoms with E-state index in [-0.39, 0.29) is 6.04 Å². The molecule has 0 saturated carbocycles. The summed E-state index contributed by atoms with van der Waals surface area (Å²) in [7, 11) is 0. The van der Waals surface area contributed by atoms with E-state index in [0.29, 0.717) is 0 Å². The fraction of sp³-hybridized carbons (Fsp3) is 0.455. The van der Waals surface area contributed by atoms with Crippen molar-refractivity contribution in [3.05, 3.63) is 22.1 Å². The van der Waals surface area contributed by atoms with Gasteiger partial charge in [0, 0.05) is 17.1 Å². The maximum atomic E-state index is 5.75. The molecule has 0 aliphatic rings. The lowest BCUT2D eigenvalue weighted by Gasteiger charge is -2.03. The number of nitrogens with two attached hydrogens (primary N) is 1. The van der Waals surface area contributed by atoms with Crippen molar-refractivity contribution in [2.45, 2.75) is 32.7 Å². The lowest BCUT2D eigenvalue weighted by atomic mass is 10.1. The van der Waals surface area contributed by atoms with Gasteiger partial charge in [-0.2, -0.15) is 5.10 Å². The van der Waals surface area contributed by atoms with Crippen LogP contribution in [0, 0.1) is 6.92 Å². The van der Waals surface area contributed by atoms with Gasteiger partial charge in [-0.1, -0.05) is 0 Å². The second-order valence-electron chi connectivity index (χ2n) is 4.07. The molecule has 0 bridgehead atoms. The molecule has 0 fully saturated rings. The van der Waals surface area contributed by atoms with Crippen molar-refractivity contribution in [1.29, 1.82) is 0 Å². The molecule has 2 aromatic rings. The molecule has 0 aliphatic carbocycles. The van der Waals surface area contributed by atoms with Crippen LogP contribution in [0.2, 0.25) is 0 Å². The SMILES string of the molecule is Cc1c(-c2cscn2)n[nH]c1CCC(C)N. The number of aromatic amines is 1. The van der Waals surface area contributed by atoms with Crippen LogP contribution in [0.3, 0.4) is 0 Å². The van der Waals surface area contributed by atoms with Gasteiger partial charge >= 0.3 is 0 Å². The summed E-state index contributed by atoms with van der Waals surface area (Å²) in [6, 6.07) is 0.227. The molecule has 0 aromatic carbocycles. The van der Waals surface area contributed by atoms with Crippen molar-refractivity contribution < 1.29 is 0 Å². The van der Waals surface area contributed by atoms with Gasteiger partial charge in [0.2, 0.25) is 0 Å². The molecule has 4 nitrogen and oxygen atoms in total. The van der Waals surface area contributed by atoms with Crippen LogP contribution in [0.25, 0.3) is 11.4 Å². The Bertz CT molecular complexity index is 445. The smallest absolute Gasteiger partial charge is 0.114 e. The van der Waals surface area contributed by atoms with Crippen molar-refractivity contribution in [3.63, 3.8) is 0 Å². The molecular formula is C11H16N4S. The van der Waals surface area contributed by atoms with Crippen LogP contribution in [0.4, 0.5) is 0 Å². The largest absolute Gasteiger partial charge is 0.328 e. The van der Waals surface area contributed by atoms with E-state index in [2.05, 4.69) is 22.1 Å². The molecule has 1 unspecified atom stereocenters. The van der Waals surface area contributed by atoms with Crippen molar-refractivity contribution in [1.82, 2.24) is 15.2 Å². The maximum absolute atomic E-state index is 5.75. The molecule has 86 valence electrons. The zero-order valence-corrected chi connectivity index (χ0v) is 10.3. The van der Waals surface area contributed by atoms with E-state index in [1.807, 2.05) is 17.8 Å². The second kappa shape index (κ2) is 4.76. The summed E-state index contributed by atoms with van der Waals surface area (Å²) in [6.07, 6.45) is 1.92. The molecule has 2 aromatic heterocycles. The number of aromatic nitrogens is 3. The predicted octanol–water partition coefficient (Wildman–Crippen LogP) is 2.12. The number of thiazole rings is 1. The number of H-pyrrole nitrogens is 1. The highest BCUT2D eigenvalue weighted by atomic mass is 32.1. The highest BCUT2D eigenvalue weighted by Crippen LogP contribution is 2.23. The Morgan fingerprint density at radius 1 is 1.56 bits per heavy atom. The zero-order chi connectivity index (χ0) is 11.5. The molecule has 2 heterocycles. The van der Waals surface area contributed by atoms with E-state index in [4.69, 9.17) is 5.73 Å². The predicted molar refractivity (Wildman–Crippen MR) is 66.4 cm³/mol. The molecule has 0 spiro atoms. The van der Waals surface area contributed by atoms with Crippen LogP contribution in [0.15, 0.2) is 10.9 Å². The first-order valence-corrected chi connectivity index (χ1v) is 6.30. The van der Waals surface area contributed by atoms with Gasteiger partial charge in [-0.05, 0) is 32.3 Å². The van der Waals surface area contributed by atoms with E-state index in [1.165, 1.54) is 11.3 Å². The minimum absolute atomic E-state index is 0.227. The quantitative estimate of drug-likeness (QED) is 0.854. The Labute approximate surface area is 98.9 Å². The first-order valence-electron chi connectivity index (χ1n) is 5.36. The Morgan fingerprint density at radius 3 is 3.00 bits per heavy atom. The van der Waals surface area contributed by atoms with Crippen molar-refractivity contribution in [2.24, 2.45) is 5.73 Å². The van der Waals surface area contributed by atoms with Gasteiger partial charge in [0.15, 0.2) is 0 Å². The van der Waals surface area contributed by atoms with Gasteiger partial charge < -0.3 is 5.73 Å². The molecule has 0 amide bonds. The summed E-state index contributed by atoms with van der Waals surface area (Å²) in [4.78, 5) is 4.27. The zero-order valence-electron chi connectivity index (χ0n) is 9.53. The second-order valence-corrected chi connectivity index (χ2v) is 4.78. The molecule has 0 radical (unpaired) electrons. The van der Waals surface area contributed by atoms with Gasteiger partial charge in [-0.25, -0.2) is 4.98 Å². The molecule has 16 heavy (non-hydrogen) atoms. The van der Waals surface area contributed by atoms with Crippen LogP contribution >= 0.6 is 11.3 Å². The topological polar surface area (TPSA) is 67.6 Å². The van der Waals surface area contributed by atoms with Crippen LogP contribution in [-0.4, -0.2) is 21.2 Å². The normalized spacial score (nSPS) is 12.9. The van der Waals surface area contributed by atoms with Gasteiger partial charge in [0.1, 0.15) is 11.4 Å². The average molecular weight is 236 g/mol. The van der Waals surface area contributed by atoms with Crippen molar-refractivity contribution >= 4 is 11.3 Å². The highest BCUT2D eigenvalue weighted by molar-refractivity contribution is 7.07. The summed E-state index contributed by atoms with van der Waals surface area (Å²) in [6.45, 7) is 4.10. The lowest BCUT2D eigenvalue weighted by Crippen LogP contribution is -2.15. The van der Waals surface area contributed by atoms with Gasteiger partial charge in [0.25, 0.3) is 0 Å². The Balaban J connectivity index is 2.18. The number of rotatable bonds is 4. The first-order chi connectivity index (χ1) is 7.68. The molecule has 0 aliphatic heterocycles. The van der Waals surface area contributed by atoms with E-state index in [9.17, 15) is 0 Å². The third kappa shape index (κ3) is 2.31. The Hall–Kier alpha value is -1.20.